The average Bonchev–Trinajstić information content (AvgIpc) is 2.86. The summed E-state index contributed by atoms with van der Waals surface area (Å²) >= 11 is 0. The molecule has 0 saturated carbocycles. The van der Waals surface area contributed by atoms with Crippen LogP contribution in [0.2, 0.25) is 0 Å². The van der Waals surface area contributed by atoms with Crippen LogP contribution >= 0.6 is 0 Å². The van der Waals surface area contributed by atoms with Crippen molar-refractivity contribution in [2.75, 3.05) is 14.1 Å². The molecule has 1 aromatic carbocycles. The Morgan fingerprint density at radius 1 is 1.12 bits per heavy atom. The van der Waals surface area contributed by atoms with Crippen LogP contribution in [0.1, 0.15) is 36.1 Å². The predicted octanol–water partition coefficient (Wildman–Crippen LogP) is 1.68. The van der Waals surface area contributed by atoms with Gasteiger partial charge in [0.25, 0.3) is 10.2 Å². The molecule has 0 unspecified atom stereocenters. The van der Waals surface area contributed by atoms with Gasteiger partial charge in [0.1, 0.15) is 0 Å². The Labute approximate surface area is 102 Å². The van der Waals surface area contributed by atoms with Crippen LogP contribution in [0, 0.1) is 0 Å². The van der Waals surface area contributed by atoms with Gasteiger partial charge in [-0.05, 0) is 24.0 Å². The van der Waals surface area contributed by atoms with Crippen molar-refractivity contribution in [3.8, 4) is 0 Å². The highest BCUT2D eigenvalue weighted by molar-refractivity contribution is 7.86. The molecule has 17 heavy (non-hydrogen) atoms. The van der Waals surface area contributed by atoms with Crippen molar-refractivity contribution in [2.24, 2.45) is 0 Å². The van der Waals surface area contributed by atoms with E-state index in [1.165, 1.54) is 15.4 Å². The van der Waals surface area contributed by atoms with E-state index in [1.54, 1.807) is 18.4 Å². The van der Waals surface area contributed by atoms with E-state index in [0.717, 1.165) is 12.8 Å². The second-order valence-corrected chi connectivity index (χ2v) is 6.91. The molecule has 92 valence electrons. The molecule has 0 N–H and O–H groups in total. The van der Waals surface area contributed by atoms with Crippen molar-refractivity contribution in [1.29, 1.82) is 0 Å². The van der Waals surface area contributed by atoms with Gasteiger partial charge in [0, 0.05) is 14.1 Å². The van der Waals surface area contributed by atoms with Crippen LogP contribution in [-0.2, 0) is 10.2 Å². The summed E-state index contributed by atoms with van der Waals surface area (Å²) in [5, 5.41) is 0. The van der Waals surface area contributed by atoms with E-state index in [1.807, 2.05) is 12.1 Å². The lowest BCUT2D eigenvalue weighted by Crippen LogP contribution is -2.37. The average molecular weight is 252 g/mol. The van der Waals surface area contributed by atoms with Crippen LogP contribution in [0.25, 0.3) is 0 Å². The maximum absolute atomic E-state index is 12.3. The summed E-state index contributed by atoms with van der Waals surface area (Å²) in [6.07, 6.45) is 1.88. The molecular weight excluding hydrogens is 236 g/mol. The monoisotopic (exact) mass is 252 g/mol. The summed E-state index contributed by atoms with van der Waals surface area (Å²) in [6, 6.07) is 8.17. The van der Waals surface area contributed by atoms with Crippen LogP contribution in [0.4, 0.5) is 0 Å². The first-order chi connectivity index (χ1) is 8.03. The van der Waals surface area contributed by atoms with Crippen LogP contribution in [0.15, 0.2) is 24.3 Å². The Morgan fingerprint density at radius 2 is 1.59 bits per heavy atom. The summed E-state index contributed by atoms with van der Waals surface area (Å²) in [6.45, 7) is 0. The minimum absolute atomic E-state index is 0.0450. The predicted molar refractivity (Wildman–Crippen MR) is 65.6 cm³/mol. The summed E-state index contributed by atoms with van der Waals surface area (Å²) in [4.78, 5) is 0. The van der Waals surface area contributed by atoms with E-state index in [9.17, 15) is 8.42 Å². The number of fused-ring (bicyclic) bond motifs is 5. The summed E-state index contributed by atoms with van der Waals surface area (Å²) in [7, 11) is -0.124. The normalized spacial score (nSPS) is 27.7. The first-order valence-electron chi connectivity index (χ1n) is 5.83. The topological polar surface area (TPSA) is 40.6 Å². The molecule has 3 rings (SSSR count). The van der Waals surface area contributed by atoms with Gasteiger partial charge in [0.15, 0.2) is 0 Å². The molecule has 0 amide bonds. The van der Waals surface area contributed by atoms with Gasteiger partial charge >= 0.3 is 0 Å². The van der Waals surface area contributed by atoms with Crippen molar-refractivity contribution in [2.45, 2.75) is 24.9 Å². The fourth-order valence-corrected chi connectivity index (χ4v) is 4.46. The van der Waals surface area contributed by atoms with Gasteiger partial charge in [0.05, 0.1) is 12.1 Å². The van der Waals surface area contributed by atoms with Gasteiger partial charge in [-0.2, -0.15) is 17.0 Å². The van der Waals surface area contributed by atoms with Gasteiger partial charge in [-0.25, -0.2) is 0 Å². The molecule has 2 aliphatic rings. The van der Waals surface area contributed by atoms with Gasteiger partial charge in [-0.3, -0.25) is 0 Å². The minimum Gasteiger partial charge on any atom is -0.195 e. The smallest absolute Gasteiger partial charge is 0.195 e. The number of nitrogens with zero attached hydrogens (tertiary/aromatic N) is 2. The maximum atomic E-state index is 12.3. The highest BCUT2D eigenvalue weighted by Gasteiger charge is 2.50. The first-order valence-corrected chi connectivity index (χ1v) is 7.23. The molecule has 1 saturated heterocycles. The van der Waals surface area contributed by atoms with Gasteiger partial charge in [0.2, 0.25) is 0 Å². The zero-order valence-electron chi connectivity index (χ0n) is 10.00. The van der Waals surface area contributed by atoms with E-state index in [2.05, 4.69) is 12.1 Å². The SMILES string of the molecule is CN(C)S(=O)(=O)N1[C@H]2CC[C@H]1c1ccccc12. The molecule has 2 aliphatic heterocycles. The summed E-state index contributed by atoms with van der Waals surface area (Å²) in [5.74, 6) is 0. The largest absolute Gasteiger partial charge is 0.282 e. The Bertz CT molecular complexity index is 522. The molecule has 0 radical (unpaired) electrons. The fourth-order valence-electron chi connectivity index (χ4n) is 3.00. The fraction of sp³-hybridized carbons (Fsp3) is 0.500. The summed E-state index contributed by atoms with van der Waals surface area (Å²) in [5.41, 5.74) is 2.38. The summed E-state index contributed by atoms with van der Waals surface area (Å²) < 4.78 is 27.6. The number of rotatable bonds is 2. The lowest BCUT2D eigenvalue weighted by atomic mass is 9.92. The highest BCUT2D eigenvalue weighted by Crippen LogP contribution is 2.54. The second-order valence-electron chi connectivity index (χ2n) is 4.86. The molecule has 5 heteroatoms. The van der Waals surface area contributed by atoms with Gasteiger partial charge in [-0.15, -0.1) is 0 Å². The molecule has 2 bridgehead atoms. The second kappa shape index (κ2) is 3.54. The van der Waals surface area contributed by atoms with Crippen LogP contribution < -0.4 is 0 Å². The zero-order chi connectivity index (χ0) is 12.2. The van der Waals surface area contributed by atoms with Crippen molar-refractivity contribution < 1.29 is 8.42 Å². The molecule has 2 atom stereocenters. The van der Waals surface area contributed by atoms with E-state index in [-0.39, 0.29) is 12.1 Å². The number of hydrogen-bond acceptors (Lipinski definition) is 2. The third-order valence-electron chi connectivity index (χ3n) is 3.77. The molecule has 0 spiro atoms. The van der Waals surface area contributed by atoms with Gasteiger partial charge < -0.3 is 0 Å². The highest BCUT2D eigenvalue weighted by atomic mass is 32.2. The molecule has 1 aromatic rings. The molecule has 1 fully saturated rings. The van der Waals surface area contributed by atoms with Crippen LogP contribution in [0.3, 0.4) is 0 Å². The molecule has 0 aliphatic carbocycles. The van der Waals surface area contributed by atoms with E-state index in [0.29, 0.717) is 0 Å². The van der Waals surface area contributed by atoms with Crippen molar-refractivity contribution in [1.82, 2.24) is 8.61 Å². The quantitative estimate of drug-likeness (QED) is 0.803. The third-order valence-corrected chi connectivity index (χ3v) is 5.73. The molecule has 0 aromatic heterocycles. The number of hydrogen-bond donors (Lipinski definition) is 0. The molecular formula is C12H16N2O2S. The standard InChI is InChI=1S/C12H16N2O2S/c1-13(2)17(15,16)14-11-7-8-12(14)10-6-4-3-5-9(10)11/h3-6,11-12H,7-8H2,1-2H3/t11-,12-/m0/s1. The van der Waals surface area contributed by atoms with Crippen molar-refractivity contribution in [3.05, 3.63) is 35.4 Å². The first kappa shape index (κ1) is 11.2. The van der Waals surface area contributed by atoms with Crippen molar-refractivity contribution in [3.63, 3.8) is 0 Å². The Hall–Kier alpha value is -0.910. The third kappa shape index (κ3) is 1.39. The lowest BCUT2D eigenvalue weighted by molar-refractivity contribution is 0.336. The minimum atomic E-state index is -3.31. The van der Waals surface area contributed by atoms with Crippen LogP contribution in [0.5, 0.6) is 0 Å². The van der Waals surface area contributed by atoms with E-state index >= 15 is 0 Å². The van der Waals surface area contributed by atoms with Crippen molar-refractivity contribution >= 4 is 10.2 Å². The molecule has 2 heterocycles. The van der Waals surface area contributed by atoms with E-state index in [4.69, 9.17) is 0 Å². The Balaban J connectivity index is 2.10. The Kier molecular flexibility index (Phi) is 2.33. The lowest BCUT2D eigenvalue weighted by Gasteiger charge is -2.25. The maximum Gasteiger partial charge on any atom is 0.282 e. The molecule has 4 nitrogen and oxygen atoms in total. The Morgan fingerprint density at radius 3 is 2.00 bits per heavy atom. The zero-order valence-corrected chi connectivity index (χ0v) is 10.8. The van der Waals surface area contributed by atoms with Gasteiger partial charge in [-0.1, -0.05) is 24.3 Å². The van der Waals surface area contributed by atoms with Crippen LogP contribution in [-0.4, -0.2) is 31.1 Å². The number of benzene rings is 1. The van der Waals surface area contributed by atoms with E-state index < -0.39 is 10.2 Å².